The van der Waals surface area contributed by atoms with Crippen LogP contribution >= 0.6 is 11.3 Å². The fourth-order valence-corrected chi connectivity index (χ4v) is 4.09. The van der Waals surface area contributed by atoms with Gasteiger partial charge in [0.25, 0.3) is 5.91 Å². The highest BCUT2D eigenvalue weighted by Crippen LogP contribution is 2.29. The molecule has 1 aliphatic carbocycles. The number of thiazole rings is 1. The number of rotatable bonds is 4. The van der Waals surface area contributed by atoms with Gasteiger partial charge in [-0.05, 0) is 37.1 Å². The van der Waals surface area contributed by atoms with Gasteiger partial charge in [0.2, 0.25) is 0 Å². The van der Waals surface area contributed by atoms with Crippen molar-refractivity contribution in [2.75, 3.05) is 11.9 Å². The lowest BCUT2D eigenvalue weighted by Gasteiger charge is -2.08. The largest absolute Gasteiger partial charge is 0.483 e. The number of carbonyl (C=O) groups is 1. The molecule has 0 radical (unpaired) electrons. The van der Waals surface area contributed by atoms with Gasteiger partial charge in [-0.15, -0.1) is 11.3 Å². The van der Waals surface area contributed by atoms with E-state index >= 15 is 0 Å². The van der Waals surface area contributed by atoms with Gasteiger partial charge in [-0.3, -0.25) is 10.1 Å². The summed E-state index contributed by atoms with van der Waals surface area (Å²) >= 11 is 1.59. The van der Waals surface area contributed by atoms with Gasteiger partial charge in [0.05, 0.1) is 5.69 Å². The van der Waals surface area contributed by atoms with Crippen LogP contribution in [0.5, 0.6) is 5.75 Å². The van der Waals surface area contributed by atoms with Crippen molar-refractivity contribution in [2.45, 2.75) is 25.7 Å². The van der Waals surface area contributed by atoms with Gasteiger partial charge in [0, 0.05) is 10.3 Å². The first kappa shape index (κ1) is 15.1. The van der Waals surface area contributed by atoms with E-state index in [9.17, 15) is 4.79 Å². The normalized spacial score (nSPS) is 13.5. The molecule has 0 atom stereocenters. The number of anilines is 1. The summed E-state index contributed by atoms with van der Waals surface area (Å²) in [5.74, 6) is 0.552. The van der Waals surface area contributed by atoms with Crippen LogP contribution in [-0.4, -0.2) is 17.5 Å². The maximum Gasteiger partial charge on any atom is 0.264 e. The van der Waals surface area contributed by atoms with Crippen LogP contribution < -0.4 is 10.1 Å². The number of benzene rings is 2. The van der Waals surface area contributed by atoms with Crippen LogP contribution in [0.4, 0.5) is 5.13 Å². The number of ether oxygens (including phenoxy) is 1. The maximum absolute atomic E-state index is 12.2. The number of amides is 1. The molecule has 24 heavy (non-hydrogen) atoms. The third-order valence-corrected chi connectivity index (χ3v) is 5.27. The van der Waals surface area contributed by atoms with Crippen molar-refractivity contribution >= 4 is 33.1 Å². The predicted octanol–water partition coefficient (Wildman–Crippen LogP) is 4.19. The van der Waals surface area contributed by atoms with Crippen molar-refractivity contribution in [1.29, 1.82) is 0 Å². The number of nitrogens with zero attached hydrogens (tertiary/aromatic N) is 1. The van der Waals surface area contributed by atoms with E-state index in [2.05, 4.69) is 10.3 Å². The number of hydrogen-bond acceptors (Lipinski definition) is 4. The first-order chi connectivity index (χ1) is 11.8. The topological polar surface area (TPSA) is 51.2 Å². The van der Waals surface area contributed by atoms with Crippen molar-refractivity contribution in [1.82, 2.24) is 4.98 Å². The molecule has 0 saturated heterocycles. The van der Waals surface area contributed by atoms with Crippen molar-refractivity contribution in [3.05, 3.63) is 53.0 Å². The van der Waals surface area contributed by atoms with Gasteiger partial charge in [-0.1, -0.05) is 36.4 Å². The molecule has 1 amide bonds. The molecule has 0 bridgehead atoms. The van der Waals surface area contributed by atoms with E-state index in [0.717, 1.165) is 35.1 Å². The SMILES string of the molecule is O=C(COc1cccc2ccccc12)Nc1nc2c(s1)CCCC2. The van der Waals surface area contributed by atoms with Gasteiger partial charge in [0.1, 0.15) is 5.75 Å². The first-order valence-electron chi connectivity index (χ1n) is 8.18. The number of aromatic nitrogens is 1. The summed E-state index contributed by atoms with van der Waals surface area (Å²) in [5, 5.41) is 5.66. The summed E-state index contributed by atoms with van der Waals surface area (Å²) in [6.45, 7) is -0.0156. The molecule has 0 spiro atoms. The molecule has 122 valence electrons. The standard InChI is InChI=1S/C19H18N2O2S/c22-18(21-19-20-15-9-3-4-11-17(15)24-19)12-23-16-10-5-7-13-6-1-2-8-14(13)16/h1-2,5-8,10H,3-4,9,11-12H2,(H,20,21,22). The summed E-state index contributed by atoms with van der Waals surface area (Å²) in [5.41, 5.74) is 1.15. The quantitative estimate of drug-likeness (QED) is 0.776. The lowest BCUT2D eigenvalue weighted by atomic mass is 10.0. The molecule has 1 heterocycles. The average molecular weight is 338 g/mol. The molecule has 0 aliphatic heterocycles. The lowest BCUT2D eigenvalue weighted by Crippen LogP contribution is -2.20. The second-order valence-corrected chi connectivity index (χ2v) is 6.99. The van der Waals surface area contributed by atoms with Gasteiger partial charge in [-0.2, -0.15) is 0 Å². The smallest absolute Gasteiger partial charge is 0.264 e. The van der Waals surface area contributed by atoms with Gasteiger partial charge < -0.3 is 4.74 Å². The summed E-state index contributed by atoms with van der Waals surface area (Å²) < 4.78 is 5.72. The Morgan fingerprint density at radius 3 is 2.88 bits per heavy atom. The summed E-state index contributed by atoms with van der Waals surface area (Å²) in [4.78, 5) is 18.0. The van der Waals surface area contributed by atoms with Crippen molar-refractivity contribution in [2.24, 2.45) is 0 Å². The molecule has 5 heteroatoms. The third-order valence-electron chi connectivity index (χ3n) is 4.20. The van der Waals surface area contributed by atoms with E-state index in [1.54, 1.807) is 11.3 Å². The van der Waals surface area contributed by atoms with E-state index in [1.165, 1.54) is 17.7 Å². The van der Waals surface area contributed by atoms with Crippen LogP contribution in [0.1, 0.15) is 23.4 Å². The predicted molar refractivity (Wildman–Crippen MR) is 96.8 cm³/mol. The number of fused-ring (bicyclic) bond motifs is 2. The van der Waals surface area contributed by atoms with Crippen LogP contribution in [0.2, 0.25) is 0 Å². The Kier molecular flexibility index (Phi) is 4.17. The van der Waals surface area contributed by atoms with Gasteiger partial charge >= 0.3 is 0 Å². The second kappa shape index (κ2) is 6.61. The van der Waals surface area contributed by atoms with E-state index in [4.69, 9.17) is 4.74 Å². The van der Waals surface area contributed by atoms with Crippen LogP contribution in [0, 0.1) is 0 Å². The second-order valence-electron chi connectivity index (χ2n) is 5.91. The Bertz CT molecular complexity index is 859. The molecule has 3 aromatic rings. The molecular weight excluding hydrogens is 320 g/mol. The molecule has 4 rings (SSSR count). The summed E-state index contributed by atoms with van der Waals surface area (Å²) in [6, 6.07) is 13.8. The highest BCUT2D eigenvalue weighted by molar-refractivity contribution is 7.15. The van der Waals surface area contributed by atoms with E-state index in [0.29, 0.717) is 5.13 Å². The first-order valence-corrected chi connectivity index (χ1v) is 9.00. The number of hydrogen-bond donors (Lipinski definition) is 1. The fraction of sp³-hybridized carbons (Fsp3) is 0.263. The zero-order valence-corrected chi connectivity index (χ0v) is 14.1. The van der Waals surface area contributed by atoms with E-state index < -0.39 is 0 Å². The van der Waals surface area contributed by atoms with Gasteiger partial charge in [0.15, 0.2) is 11.7 Å². The summed E-state index contributed by atoms with van der Waals surface area (Å²) in [7, 11) is 0. The Morgan fingerprint density at radius 2 is 1.96 bits per heavy atom. The van der Waals surface area contributed by atoms with Gasteiger partial charge in [-0.25, -0.2) is 4.98 Å². The minimum Gasteiger partial charge on any atom is -0.483 e. The molecular formula is C19H18N2O2S. The van der Waals surface area contributed by atoms with Crippen LogP contribution in [0.15, 0.2) is 42.5 Å². The Balaban J connectivity index is 1.42. The summed E-state index contributed by atoms with van der Waals surface area (Å²) in [6.07, 6.45) is 4.50. The fourth-order valence-electron chi connectivity index (χ4n) is 3.03. The minimum atomic E-state index is -0.172. The number of aryl methyl sites for hydroxylation is 2. The Labute approximate surface area is 144 Å². The highest BCUT2D eigenvalue weighted by Gasteiger charge is 2.16. The molecule has 1 aliphatic rings. The number of carbonyl (C=O) groups excluding carboxylic acids is 1. The zero-order chi connectivity index (χ0) is 16.4. The Hall–Kier alpha value is -2.40. The van der Waals surface area contributed by atoms with E-state index in [1.807, 2.05) is 42.5 Å². The Morgan fingerprint density at radius 1 is 1.12 bits per heavy atom. The molecule has 1 N–H and O–H groups in total. The third kappa shape index (κ3) is 3.12. The maximum atomic E-state index is 12.2. The molecule has 4 nitrogen and oxygen atoms in total. The average Bonchev–Trinajstić information content (AvgIpc) is 3.02. The number of nitrogens with one attached hydrogen (secondary N) is 1. The zero-order valence-electron chi connectivity index (χ0n) is 13.2. The lowest BCUT2D eigenvalue weighted by molar-refractivity contribution is -0.118. The monoisotopic (exact) mass is 338 g/mol. The van der Waals surface area contributed by atoms with Crippen LogP contribution in [-0.2, 0) is 17.6 Å². The van der Waals surface area contributed by atoms with Crippen LogP contribution in [0.25, 0.3) is 10.8 Å². The van der Waals surface area contributed by atoms with Crippen LogP contribution in [0.3, 0.4) is 0 Å². The molecule has 0 unspecified atom stereocenters. The highest BCUT2D eigenvalue weighted by atomic mass is 32.1. The molecule has 0 saturated carbocycles. The van der Waals surface area contributed by atoms with Crippen molar-refractivity contribution in [3.8, 4) is 5.75 Å². The molecule has 0 fully saturated rings. The van der Waals surface area contributed by atoms with Crippen molar-refractivity contribution < 1.29 is 9.53 Å². The molecule has 1 aromatic heterocycles. The van der Waals surface area contributed by atoms with Crippen molar-refractivity contribution in [3.63, 3.8) is 0 Å². The molecule has 2 aromatic carbocycles. The minimum absolute atomic E-state index is 0.0156. The van der Waals surface area contributed by atoms with E-state index in [-0.39, 0.29) is 12.5 Å².